The zero-order valence-electron chi connectivity index (χ0n) is 21.2. The molecule has 5 rings (SSSR count). The Morgan fingerprint density at radius 3 is 2.30 bits per heavy atom. The first-order valence-electron chi connectivity index (χ1n) is 12.0. The lowest BCUT2D eigenvalue weighted by atomic mass is 10.0. The van der Waals surface area contributed by atoms with Gasteiger partial charge < -0.3 is 9.84 Å². The van der Waals surface area contributed by atoms with E-state index in [1.54, 1.807) is 26.2 Å². The summed E-state index contributed by atoms with van der Waals surface area (Å²) in [6.07, 6.45) is -4.65. The Morgan fingerprint density at radius 2 is 1.68 bits per heavy atom. The number of aryl methyl sites for hydroxylation is 1. The summed E-state index contributed by atoms with van der Waals surface area (Å²) in [5.74, 6) is -0.777. The van der Waals surface area contributed by atoms with Crippen molar-refractivity contribution in [1.82, 2.24) is 9.78 Å². The lowest BCUT2D eigenvalue weighted by Gasteiger charge is -2.14. The molecule has 12 heteroatoms. The van der Waals surface area contributed by atoms with Gasteiger partial charge in [-0.2, -0.15) is 18.3 Å². The van der Waals surface area contributed by atoms with Gasteiger partial charge in [-0.3, -0.25) is 14.8 Å². The van der Waals surface area contributed by atoms with Crippen LogP contribution in [0.2, 0.25) is 0 Å². The average molecular weight is 586 g/mol. The summed E-state index contributed by atoms with van der Waals surface area (Å²) < 4.78 is 50.1. The zero-order valence-corrected chi connectivity index (χ0v) is 22.8. The van der Waals surface area contributed by atoms with Gasteiger partial charge in [0.15, 0.2) is 0 Å². The number of benzene rings is 2. The molecule has 0 radical (unpaired) electrons. The number of alkyl halides is 3. The fraction of sp³-hybridized carbons (Fsp3) is 0.179. The van der Waals surface area contributed by atoms with Gasteiger partial charge >= 0.3 is 18.2 Å². The molecule has 0 spiro atoms. The molecule has 0 aliphatic rings. The van der Waals surface area contributed by atoms with Crippen molar-refractivity contribution in [2.24, 2.45) is 7.05 Å². The van der Waals surface area contributed by atoms with E-state index in [0.717, 1.165) is 25.9 Å². The highest BCUT2D eigenvalue weighted by molar-refractivity contribution is 7.31. The number of carbonyl (C=O) groups excluding carboxylic acids is 1. The maximum Gasteiger partial charge on any atom is 0.417 e. The number of aromatic nitrogens is 2. The van der Waals surface area contributed by atoms with Crippen molar-refractivity contribution in [3.63, 3.8) is 0 Å². The molecule has 1 atom stereocenters. The van der Waals surface area contributed by atoms with E-state index in [1.165, 1.54) is 39.5 Å². The minimum absolute atomic E-state index is 0.00407. The summed E-state index contributed by atoms with van der Waals surface area (Å²) in [5, 5.41) is 16.0. The summed E-state index contributed by atoms with van der Waals surface area (Å²) in [6.45, 7) is 1.77. The number of fused-ring (bicyclic) bond motifs is 1. The number of carbonyl (C=O) groups is 2. The number of nitrogens with one attached hydrogen (secondary N) is 1. The first kappa shape index (κ1) is 27.4. The number of halogens is 3. The number of rotatable bonds is 7. The maximum absolute atomic E-state index is 13.9. The number of ether oxygens (including phenoxy) is 1. The summed E-state index contributed by atoms with van der Waals surface area (Å²) in [7, 11) is 1.68. The van der Waals surface area contributed by atoms with Crippen molar-refractivity contribution in [2.75, 3.05) is 5.32 Å². The van der Waals surface area contributed by atoms with Crippen molar-refractivity contribution in [3.05, 3.63) is 83.6 Å². The van der Waals surface area contributed by atoms with E-state index in [0.29, 0.717) is 16.3 Å². The number of carboxylic acid groups (broad SMARTS) is 1. The van der Waals surface area contributed by atoms with Crippen molar-refractivity contribution >= 4 is 50.0 Å². The third-order valence-electron chi connectivity index (χ3n) is 6.19. The van der Waals surface area contributed by atoms with E-state index < -0.39 is 36.3 Å². The van der Waals surface area contributed by atoms with Gasteiger partial charge in [0.2, 0.25) is 0 Å². The van der Waals surface area contributed by atoms with Crippen molar-refractivity contribution < 1.29 is 32.6 Å². The molecule has 0 unspecified atom stereocenters. The average Bonchev–Trinajstić information content (AvgIpc) is 3.57. The lowest BCUT2D eigenvalue weighted by molar-refractivity contribution is -0.138. The van der Waals surface area contributed by atoms with Crippen LogP contribution < -0.4 is 5.32 Å². The minimum atomic E-state index is -4.64. The molecule has 0 fully saturated rings. The Morgan fingerprint density at radius 1 is 1.02 bits per heavy atom. The van der Waals surface area contributed by atoms with Crippen LogP contribution >= 0.6 is 22.7 Å². The molecule has 0 saturated carbocycles. The number of amides is 1. The molecule has 5 aromatic rings. The highest BCUT2D eigenvalue weighted by Crippen LogP contribution is 2.46. The van der Waals surface area contributed by atoms with E-state index in [9.17, 15) is 22.8 Å². The second-order valence-corrected chi connectivity index (χ2v) is 11.2. The monoisotopic (exact) mass is 585 g/mol. The first-order valence-corrected chi connectivity index (χ1v) is 13.6. The van der Waals surface area contributed by atoms with Crippen LogP contribution in [0.5, 0.6) is 0 Å². The number of hydrogen-bond donors (Lipinski definition) is 2. The second-order valence-electron chi connectivity index (χ2n) is 9.01. The Balaban J connectivity index is 1.40. The minimum Gasteiger partial charge on any atom is -0.481 e. The zero-order chi connectivity index (χ0) is 28.6. The first-order chi connectivity index (χ1) is 19.0. The number of carboxylic acids is 1. The van der Waals surface area contributed by atoms with Gasteiger partial charge in [-0.25, -0.2) is 4.79 Å². The summed E-state index contributed by atoms with van der Waals surface area (Å²) in [5.41, 5.74) is 0.702. The van der Waals surface area contributed by atoms with Gasteiger partial charge in [0, 0.05) is 31.8 Å². The normalized spacial score (nSPS) is 12.4. The predicted octanol–water partition coefficient (Wildman–Crippen LogP) is 7.99. The quantitative estimate of drug-likeness (QED) is 0.202. The SMILES string of the molecule is C[C@@H](OC(=O)Nc1c(-c2cc3sc(-c4ccc(CC(=O)O)cc4C(F)(F)F)cc3s2)cnn1C)c1ccccc1. The van der Waals surface area contributed by atoms with Gasteiger partial charge in [-0.1, -0.05) is 42.5 Å². The molecule has 1 amide bonds. The van der Waals surface area contributed by atoms with Crippen LogP contribution in [0.15, 0.2) is 66.9 Å². The van der Waals surface area contributed by atoms with Crippen LogP contribution in [0.4, 0.5) is 23.8 Å². The van der Waals surface area contributed by atoms with Crippen LogP contribution in [0, 0.1) is 0 Å². The molecule has 0 bridgehead atoms. The van der Waals surface area contributed by atoms with Gasteiger partial charge in [0.05, 0.1) is 23.7 Å². The molecule has 0 aliphatic heterocycles. The Bertz CT molecular complexity index is 1680. The highest BCUT2D eigenvalue weighted by atomic mass is 32.1. The van der Waals surface area contributed by atoms with Crippen LogP contribution in [0.1, 0.15) is 29.7 Å². The maximum atomic E-state index is 13.9. The number of hydrogen-bond acceptors (Lipinski definition) is 6. The standard InChI is InChI=1S/C28H22F3N3O4S2/c1-15(17-6-4-3-5-7-17)38-27(37)33-26-19(14-32-34(26)2)22-13-24-23(40-22)12-21(39-24)18-9-8-16(11-25(35)36)10-20(18)28(29,30)31/h3-10,12-15H,11H2,1-2H3,(H,33,37)(H,35,36)/t15-/m1/s1. The second kappa shape index (κ2) is 10.8. The van der Waals surface area contributed by atoms with E-state index >= 15 is 0 Å². The summed E-state index contributed by atoms with van der Waals surface area (Å²) in [6, 6.07) is 16.5. The molecule has 3 aromatic heterocycles. The topological polar surface area (TPSA) is 93.4 Å². The third-order valence-corrected chi connectivity index (χ3v) is 8.55. The highest BCUT2D eigenvalue weighted by Gasteiger charge is 2.34. The number of nitrogens with zero attached hydrogens (tertiary/aromatic N) is 2. The molecular weight excluding hydrogens is 563 g/mol. The Labute approximate surface area is 234 Å². The van der Waals surface area contributed by atoms with E-state index in [1.807, 2.05) is 36.4 Å². The van der Waals surface area contributed by atoms with Gasteiger partial charge in [0.25, 0.3) is 0 Å². The fourth-order valence-electron chi connectivity index (χ4n) is 4.27. The van der Waals surface area contributed by atoms with Crippen molar-refractivity contribution in [1.29, 1.82) is 0 Å². The van der Waals surface area contributed by atoms with E-state index in [2.05, 4.69) is 10.4 Å². The molecule has 7 nitrogen and oxygen atoms in total. The van der Waals surface area contributed by atoms with E-state index in [-0.39, 0.29) is 11.1 Å². The molecule has 0 aliphatic carbocycles. The lowest BCUT2D eigenvalue weighted by Crippen LogP contribution is -2.18. The largest absolute Gasteiger partial charge is 0.481 e. The smallest absolute Gasteiger partial charge is 0.417 e. The van der Waals surface area contributed by atoms with Crippen LogP contribution in [-0.2, 0) is 29.2 Å². The molecule has 206 valence electrons. The van der Waals surface area contributed by atoms with Gasteiger partial charge in [0.1, 0.15) is 11.9 Å². The number of anilines is 1. The summed E-state index contributed by atoms with van der Waals surface area (Å²) in [4.78, 5) is 24.8. The van der Waals surface area contributed by atoms with Crippen LogP contribution in [0.3, 0.4) is 0 Å². The Kier molecular flexibility index (Phi) is 7.39. The van der Waals surface area contributed by atoms with Gasteiger partial charge in [-0.05, 0) is 36.2 Å². The van der Waals surface area contributed by atoms with Crippen LogP contribution in [-0.4, -0.2) is 26.9 Å². The van der Waals surface area contributed by atoms with E-state index in [4.69, 9.17) is 9.84 Å². The van der Waals surface area contributed by atoms with Crippen LogP contribution in [0.25, 0.3) is 30.3 Å². The fourth-order valence-corrected chi connectivity index (χ4v) is 6.72. The molecule has 40 heavy (non-hydrogen) atoms. The third kappa shape index (κ3) is 5.73. The predicted molar refractivity (Wildman–Crippen MR) is 149 cm³/mol. The Hall–Kier alpha value is -4.16. The van der Waals surface area contributed by atoms with Gasteiger partial charge in [-0.15, -0.1) is 22.7 Å². The molecule has 2 N–H and O–H groups in total. The van der Waals surface area contributed by atoms with Crippen molar-refractivity contribution in [2.45, 2.75) is 25.6 Å². The summed E-state index contributed by atoms with van der Waals surface area (Å²) >= 11 is 2.57. The van der Waals surface area contributed by atoms with Crippen molar-refractivity contribution in [3.8, 4) is 20.9 Å². The number of thiophene rings is 2. The molecule has 0 saturated heterocycles. The molecule has 3 heterocycles. The number of aliphatic carboxylic acids is 1. The molecular formula is C28H22F3N3O4S2. The molecule has 2 aromatic carbocycles.